The molecule has 0 aliphatic rings. The maximum atomic E-state index is 12.2. The Morgan fingerprint density at radius 3 is 2.75 bits per heavy atom. The fourth-order valence-corrected chi connectivity index (χ4v) is 2.73. The molecule has 108 valence electrons. The number of aryl methyl sites for hydroxylation is 1. The Morgan fingerprint density at radius 1 is 1.45 bits per heavy atom. The van der Waals surface area contributed by atoms with E-state index in [9.17, 15) is 8.42 Å². The van der Waals surface area contributed by atoms with Gasteiger partial charge in [-0.15, -0.1) is 0 Å². The Morgan fingerprint density at radius 2 is 2.20 bits per heavy atom. The van der Waals surface area contributed by atoms with E-state index < -0.39 is 10.0 Å². The largest absolute Gasteiger partial charge is 0.495 e. The summed E-state index contributed by atoms with van der Waals surface area (Å²) >= 11 is 0. The molecule has 2 rings (SSSR count). The molecule has 0 saturated carbocycles. The highest BCUT2D eigenvalue weighted by molar-refractivity contribution is 7.92. The first-order valence-electron chi connectivity index (χ1n) is 5.84. The molecule has 3 N–H and O–H groups in total. The van der Waals surface area contributed by atoms with Gasteiger partial charge in [0.25, 0.3) is 10.0 Å². The lowest BCUT2D eigenvalue weighted by Crippen LogP contribution is -2.14. The highest BCUT2D eigenvalue weighted by atomic mass is 32.2. The second-order valence-electron chi connectivity index (χ2n) is 4.22. The molecule has 0 fully saturated rings. The van der Waals surface area contributed by atoms with Crippen molar-refractivity contribution >= 4 is 15.7 Å². The van der Waals surface area contributed by atoms with Crippen LogP contribution in [-0.4, -0.2) is 25.1 Å². The van der Waals surface area contributed by atoms with Crippen molar-refractivity contribution in [3.8, 4) is 5.75 Å². The van der Waals surface area contributed by atoms with Gasteiger partial charge >= 0.3 is 0 Å². The van der Waals surface area contributed by atoms with Crippen molar-refractivity contribution in [3.63, 3.8) is 0 Å². The number of anilines is 1. The summed E-state index contributed by atoms with van der Waals surface area (Å²) in [4.78, 5) is 3.82. The van der Waals surface area contributed by atoms with E-state index in [-0.39, 0.29) is 5.03 Å². The van der Waals surface area contributed by atoms with Crippen molar-refractivity contribution in [3.05, 3.63) is 36.3 Å². The van der Waals surface area contributed by atoms with Crippen molar-refractivity contribution < 1.29 is 13.2 Å². The van der Waals surface area contributed by atoms with E-state index in [4.69, 9.17) is 10.5 Å². The van der Waals surface area contributed by atoms with E-state index in [0.29, 0.717) is 18.0 Å². The van der Waals surface area contributed by atoms with Crippen LogP contribution in [0.25, 0.3) is 0 Å². The second-order valence-corrected chi connectivity index (χ2v) is 5.85. The maximum absolute atomic E-state index is 12.2. The lowest BCUT2D eigenvalue weighted by Gasteiger charge is -2.11. The molecular weight excluding hydrogens is 280 g/mol. The molecule has 0 unspecified atom stereocenters. The van der Waals surface area contributed by atoms with Crippen LogP contribution in [0.4, 0.5) is 5.69 Å². The number of methoxy groups -OCH3 is 1. The summed E-state index contributed by atoms with van der Waals surface area (Å²) in [6.07, 6.45) is 2.84. The molecular formula is C12H16N4O3S. The molecule has 0 amide bonds. The Labute approximate surface area is 117 Å². The lowest BCUT2D eigenvalue weighted by molar-refractivity contribution is 0.416. The van der Waals surface area contributed by atoms with Crippen LogP contribution in [0.1, 0.15) is 5.56 Å². The van der Waals surface area contributed by atoms with Gasteiger partial charge < -0.3 is 15.0 Å². The number of rotatable bonds is 5. The smallest absolute Gasteiger partial charge is 0.281 e. The number of ether oxygens (including phenoxy) is 1. The molecule has 0 bridgehead atoms. The summed E-state index contributed by atoms with van der Waals surface area (Å²) in [7, 11) is -0.574. The van der Waals surface area contributed by atoms with Crippen LogP contribution in [0, 0.1) is 0 Å². The van der Waals surface area contributed by atoms with Gasteiger partial charge in [-0.2, -0.15) is 8.42 Å². The Hall–Kier alpha value is -2.06. The van der Waals surface area contributed by atoms with Crippen molar-refractivity contribution in [1.82, 2.24) is 9.55 Å². The van der Waals surface area contributed by atoms with Gasteiger partial charge in [-0.25, -0.2) is 4.98 Å². The number of nitrogens with zero attached hydrogens (tertiary/aromatic N) is 2. The van der Waals surface area contributed by atoms with Crippen LogP contribution in [0.2, 0.25) is 0 Å². The van der Waals surface area contributed by atoms with E-state index in [0.717, 1.165) is 5.56 Å². The SMILES string of the molecule is COc1cc(CN)ccc1NS(=O)(=O)c1cn(C)cn1. The van der Waals surface area contributed by atoms with Gasteiger partial charge in [0.05, 0.1) is 19.1 Å². The van der Waals surface area contributed by atoms with Crippen molar-refractivity contribution in [2.75, 3.05) is 11.8 Å². The predicted molar refractivity (Wildman–Crippen MR) is 74.9 cm³/mol. The topological polar surface area (TPSA) is 99.2 Å². The van der Waals surface area contributed by atoms with E-state index in [1.54, 1.807) is 29.8 Å². The average molecular weight is 296 g/mol. The number of sulfonamides is 1. The van der Waals surface area contributed by atoms with Gasteiger partial charge in [0.2, 0.25) is 0 Å². The van der Waals surface area contributed by atoms with E-state index in [1.807, 2.05) is 0 Å². The molecule has 2 aromatic rings. The minimum Gasteiger partial charge on any atom is -0.495 e. The highest BCUT2D eigenvalue weighted by Gasteiger charge is 2.19. The molecule has 7 nitrogen and oxygen atoms in total. The Kier molecular flexibility index (Phi) is 3.96. The maximum Gasteiger partial charge on any atom is 0.281 e. The third-order valence-electron chi connectivity index (χ3n) is 2.70. The van der Waals surface area contributed by atoms with Gasteiger partial charge in [-0.3, -0.25) is 4.72 Å². The zero-order chi connectivity index (χ0) is 14.8. The van der Waals surface area contributed by atoms with Gasteiger partial charge in [0.1, 0.15) is 5.75 Å². The van der Waals surface area contributed by atoms with E-state index in [1.165, 1.54) is 19.6 Å². The van der Waals surface area contributed by atoms with Gasteiger partial charge in [0.15, 0.2) is 5.03 Å². The Bertz CT molecular complexity index is 709. The average Bonchev–Trinajstić information content (AvgIpc) is 2.86. The number of imidazole rings is 1. The van der Waals surface area contributed by atoms with Crippen LogP contribution in [-0.2, 0) is 23.6 Å². The molecule has 0 spiro atoms. The monoisotopic (exact) mass is 296 g/mol. The fraction of sp³-hybridized carbons (Fsp3) is 0.250. The molecule has 0 saturated heterocycles. The third-order valence-corrected chi connectivity index (χ3v) is 3.95. The van der Waals surface area contributed by atoms with E-state index >= 15 is 0 Å². The molecule has 20 heavy (non-hydrogen) atoms. The molecule has 0 radical (unpaired) electrons. The summed E-state index contributed by atoms with van der Waals surface area (Å²) < 4.78 is 33.5. The molecule has 0 aliphatic heterocycles. The fourth-order valence-electron chi connectivity index (χ4n) is 1.67. The first kappa shape index (κ1) is 14.4. The first-order valence-corrected chi connectivity index (χ1v) is 7.32. The van der Waals surface area contributed by atoms with Crippen LogP contribution in [0.5, 0.6) is 5.75 Å². The second kappa shape index (κ2) is 5.51. The minimum atomic E-state index is -3.74. The third kappa shape index (κ3) is 2.91. The minimum absolute atomic E-state index is 0.0510. The number of hydrogen-bond acceptors (Lipinski definition) is 5. The quantitative estimate of drug-likeness (QED) is 0.845. The normalized spacial score (nSPS) is 11.3. The number of nitrogens with two attached hydrogens (primary N) is 1. The number of nitrogens with one attached hydrogen (secondary N) is 1. The summed E-state index contributed by atoms with van der Waals surface area (Å²) in [6.45, 7) is 0.351. The number of benzene rings is 1. The predicted octanol–water partition coefficient (Wildman–Crippen LogP) is 0.688. The van der Waals surface area contributed by atoms with Crippen molar-refractivity contribution in [2.45, 2.75) is 11.6 Å². The first-order chi connectivity index (χ1) is 9.46. The number of hydrogen-bond donors (Lipinski definition) is 2. The summed E-state index contributed by atoms with van der Waals surface area (Å²) in [6, 6.07) is 5.04. The summed E-state index contributed by atoms with van der Waals surface area (Å²) in [5.74, 6) is 0.410. The van der Waals surface area contributed by atoms with Crippen LogP contribution in [0.3, 0.4) is 0 Å². The van der Waals surface area contributed by atoms with Crippen molar-refractivity contribution in [1.29, 1.82) is 0 Å². The number of aromatic nitrogens is 2. The Balaban J connectivity index is 2.34. The molecule has 1 aromatic heterocycles. The zero-order valence-electron chi connectivity index (χ0n) is 11.2. The van der Waals surface area contributed by atoms with Crippen LogP contribution < -0.4 is 15.2 Å². The lowest BCUT2D eigenvalue weighted by atomic mass is 10.2. The summed E-state index contributed by atoms with van der Waals surface area (Å²) in [5.41, 5.74) is 6.73. The van der Waals surface area contributed by atoms with Gasteiger partial charge in [-0.1, -0.05) is 6.07 Å². The van der Waals surface area contributed by atoms with E-state index in [2.05, 4.69) is 9.71 Å². The molecule has 8 heteroatoms. The van der Waals surface area contributed by atoms with Crippen molar-refractivity contribution in [2.24, 2.45) is 12.8 Å². The zero-order valence-corrected chi connectivity index (χ0v) is 12.0. The van der Waals surface area contributed by atoms with Gasteiger partial charge in [-0.05, 0) is 17.7 Å². The van der Waals surface area contributed by atoms with Crippen LogP contribution in [0.15, 0.2) is 35.7 Å². The molecule has 1 aromatic carbocycles. The molecule has 0 atom stereocenters. The standard InChI is InChI=1S/C12H16N4O3S/c1-16-7-12(14-8-16)20(17,18)15-10-4-3-9(6-13)5-11(10)19-2/h3-5,7-8,15H,6,13H2,1-2H3. The van der Waals surface area contributed by atoms with Crippen LogP contribution >= 0.6 is 0 Å². The molecule has 0 aliphatic carbocycles. The highest BCUT2D eigenvalue weighted by Crippen LogP contribution is 2.27. The summed E-state index contributed by atoms with van der Waals surface area (Å²) in [5, 5.41) is -0.0510. The van der Waals surface area contributed by atoms with Gasteiger partial charge in [0, 0.05) is 19.8 Å². The molecule has 1 heterocycles.